The van der Waals surface area contributed by atoms with E-state index in [4.69, 9.17) is 9.97 Å². The maximum Gasteiger partial charge on any atom is 0.172 e. The summed E-state index contributed by atoms with van der Waals surface area (Å²) < 4.78 is 0. The van der Waals surface area contributed by atoms with E-state index in [-0.39, 0.29) is 12.5 Å². The summed E-state index contributed by atoms with van der Waals surface area (Å²) in [5, 5.41) is 19.5. The third kappa shape index (κ3) is 2.62. The van der Waals surface area contributed by atoms with Crippen LogP contribution >= 0.6 is 0 Å². The van der Waals surface area contributed by atoms with E-state index < -0.39 is 6.10 Å². The van der Waals surface area contributed by atoms with Crippen LogP contribution in [0.15, 0.2) is 24.3 Å². The lowest BCUT2D eigenvalue weighted by molar-refractivity contribution is 0.104. The number of nitrogens with zero attached hydrogens (tertiary/aromatic N) is 4. The number of fused-ring (bicyclic) bond motifs is 1. The van der Waals surface area contributed by atoms with E-state index >= 15 is 0 Å². The van der Waals surface area contributed by atoms with Crippen LogP contribution in [0.3, 0.4) is 0 Å². The van der Waals surface area contributed by atoms with Gasteiger partial charge in [-0.25, -0.2) is 9.97 Å². The molecule has 2 fully saturated rings. The third-order valence-corrected chi connectivity index (χ3v) is 4.88. The van der Waals surface area contributed by atoms with Crippen molar-refractivity contribution in [3.8, 4) is 0 Å². The number of aliphatic hydroxyl groups excluding tert-OH is 2. The van der Waals surface area contributed by atoms with Crippen LogP contribution in [0.4, 0.5) is 11.6 Å². The molecule has 2 atom stereocenters. The van der Waals surface area contributed by atoms with Crippen molar-refractivity contribution in [1.82, 2.24) is 9.97 Å². The Bertz CT molecular complexity index is 702. The second-order valence-electron chi connectivity index (χ2n) is 6.47. The normalized spacial score (nSPS) is 24.8. The molecule has 2 aromatic rings. The summed E-state index contributed by atoms with van der Waals surface area (Å²) in [5.74, 6) is 1.63. The highest BCUT2D eigenvalue weighted by atomic mass is 16.3. The Hall–Kier alpha value is -1.92. The van der Waals surface area contributed by atoms with Gasteiger partial charge in [0, 0.05) is 32.1 Å². The zero-order valence-electron chi connectivity index (χ0n) is 13.1. The summed E-state index contributed by atoms with van der Waals surface area (Å²) in [6.07, 6.45) is 1.84. The number of aromatic nitrogens is 2. The first-order valence-electron chi connectivity index (χ1n) is 8.32. The molecule has 0 saturated carbocycles. The van der Waals surface area contributed by atoms with Gasteiger partial charge in [-0.05, 0) is 25.0 Å². The molecule has 122 valence electrons. The number of para-hydroxylation sites is 2. The Labute approximate surface area is 135 Å². The predicted octanol–water partition coefficient (Wildman–Crippen LogP) is 1.02. The number of hydrogen-bond donors (Lipinski definition) is 2. The molecule has 4 rings (SSSR count). The molecule has 2 N–H and O–H groups in total. The van der Waals surface area contributed by atoms with E-state index in [0.29, 0.717) is 13.1 Å². The number of hydrogen-bond acceptors (Lipinski definition) is 6. The number of aliphatic hydroxyl groups is 2. The molecule has 0 bridgehead atoms. The second kappa shape index (κ2) is 5.94. The van der Waals surface area contributed by atoms with Gasteiger partial charge in [-0.3, -0.25) is 0 Å². The highest BCUT2D eigenvalue weighted by molar-refractivity contribution is 5.81. The van der Waals surface area contributed by atoms with Gasteiger partial charge < -0.3 is 20.0 Å². The summed E-state index contributed by atoms with van der Waals surface area (Å²) in [4.78, 5) is 14.0. The fourth-order valence-corrected chi connectivity index (χ4v) is 3.54. The van der Waals surface area contributed by atoms with Crippen LogP contribution < -0.4 is 9.80 Å². The average Bonchev–Trinajstić information content (AvgIpc) is 3.23. The minimum Gasteiger partial charge on any atom is -0.396 e. The third-order valence-electron chi connectivity index (χ3n) is 4.88. The van der Waals surface area contributed by atoms with Crippen LogP contribution in [-0.4, -0.2) is 59.1 Å². The molecule has 2 aliphatic rings. The maximum atomic E-state index is 10.1. The monoisotopic (exact) mass is 314 g/mol. The van der Waals surface area contributed by atoms with Gasteiger partial charge >= 0.3 is 0 Å². The molecule has 23 heavy (non-hydrogen) atoms. The lowest BCUT2D eigenvalue weighted by Crippen LogP contribution is -2.28. The molecule has 2 aliphatic heterocycles. The number of rotatable bonds is 3. The van der Waals surface area contributed by atoms with Gasteiger partial charge in [0.05, 0.1) is 23.7 Å². The van der Waals surface area contributed by atoms with Crippen molar-refractivity contribution in [2.75, 3.05) is 42.6 Å². The molecule has 2 saturated heterocycles. The van der Waals surface area contributed by atoms with Crippen LogP contribution in [0.2, 0.25) is 0 Å². The Morgan fingerprint density at radius 2 is 1.57 bits per heavy atom. The number of anilines is 2. The lowest BCUT2D eigenvalue weighted by atomic mass is 10.1. The van der Waals surface area contributed by atoms with Crippen LogP contribution in [0.5, 0.6) is 0 Å². The van der Waals surface area contributed by atoms with Gasteiger partial charge in [-0.15, -0.1) is 0 Å². The van der Waals surface area contributed by atoms with Crippen molar-refractivity contribution < 1.29 is 10.2 Å². The van der Waals surface area contributed by atoms with Crippen LogP contribution in [-0.2, 0) is 0 Å². The SMILES string of the molecule is OCC1CN(c2nc3ccccc3nc2N2CCCC2)CC1O. The van der Waals surface area contributed by atoms with Crippen molar-refractivity contribution in [3.05, 3.63) is 24.3 Å². The summed E-state index contributed by atoms with van der Waals surface area (Å²) in [6.45, 7) is 3.11. The molecule has 0 radical (unpaired) electrons. The largest absolute Gasteiger partial charge is 0.396 e. The number of β-amino-alcohol motifs (C(OH)–C–C–N with tert-alkyl or cyclic N) is 1. The van der Waals surface area contributed by atoms with Gasteiger partial charge in [0.25, 0.3) is 0 Å². The van der Waals surface area contributed by atoms with Crippen molar-refractivity contribution in [2.24, 2.45) is 5.92 Å². The van der Waals surface area contributed by atoms with Crippen molar-refractivity contribution in [3.63, 3.8) is 0 Å². The fourth-order valence-electron chi connectivity index (χ4n) is 3.54. The van der Waals surface area contributed by atoms with Gasteiger partial charge in [-0.1, -0.05) is 12.1 Å². The first-order valence-corrected chi connectivity index (χ1v) is 8.32. The summed E-state index contributed by atoms with van der Waals surface area (Å²) in [5.41, 5.74) is 1.77. The molecular formula is C17H22N4O2. The molecule has 0 aliphatic carbocycles. The van der Waals surface area contributed by atoms with E-state index in [0.717, 1.165) is 35.8 Å². The molecule has 2 unspecified atom stereocenters. The van der Waals surface area contributed by atoms with Gasteiger partial charge in [-0.2, -0.15) is 0 Å². The van der Waals surface area contributed by atoms with E-state index in [9.17, 15) is 10.2 Å². The smallest absolute Gasteiger partial charge is 0.172 e. The summed E-state index contributed by atoms with van der Waals surface area (Å²) >= 11 is 0. The van der Waals surface area contributed by atoms with Crippen LogP contribution in [0.25, 0.3) is 11.0 Å². The molecule has 1 aromatic carbocycles. The molecule has 0 spiro atoms. The quantitative estimate of drug-likeness (QED) is 0.881. The van der Waals surface area contributed by atoms with Crippen molar-refractivity contribution in [2.45, 2.75) is 18.9 Å². The lowest BCUT2D eigenvalue weighted by Gasteiger charge is -2.25. The molecule has 1 aromatic heterocycles. The van der Waals surface area contributed by atoms with Crippen LogP contribution in [0.1, 0.15) is 12.8 Å². The van der Waals surface area contributed by atoms with Gasteiger partial charge in [0.2, 0.25) is 0 Å². The van der Waals surface area contributed by atoms with Crippen molar-refractivity contribution in [1.29, 1.82) is 0 Å². The number of benzene rings is 1. The van der Waals surface area contributed by atoms with Gasteiger partial charge in [0.1, 0.15) is 0 Å². The first kappa shape index (κ1) is 14.7. The highest BCUT2D eigenvalue weighted by Crippen LogP contribution is 2.33. The minimum absolute atomic E-state index is 0.00226. The molecule has 6 nitrogen and oxygen atoms in total. The molecule has 6 heteroatoms. The van der Waals surface area contributed by atoms with E-state index in [1.54, 1.807) is 0 Å². The highest BCUT2D eigenvalue weighted by Gasteiger charge is 2.34. The fraction of sp³-hybridized carbons (Fsp3) is 0.529. The van der Waals surface area contributed by atoms with E-state index in [1.807, 2.05) is 24.3 Å². The molecule has 0 amide bonds. The molecule has 3 heterocycles. The Morgan fingerprint density at radius 1 is 0.957 bits per heavy atom. The average molecular weight is 314 g/mol. The maximum absolute atomic E-state index is 10.1. The summed E-state index contributed by atoms with van der Waals surface area (Å²) in [7, 11) is 0. The predicted molar refractivity (Wildman–Crippen MR) is 89.8 cm³/mol. The second-order valence-corrected chi connectivity index (χ2v) is 6.47. The topological polar surface area (TPSA) is 72.7 Å². The first-order chi connectivity index (χ1) is 11.3. The van der Waals surface area contributed by atoms with Crippen molar-refractivity contribution >= 4 is 22.7 Å². The zero-order chi connectivity index (χ0) is 15.8. The van der Waals surface area contributed by atoms with E-state index in [1.165, 1.54) is 12.8 Å². The van der Waals surface area contributed by atoms with Crippen LogP contribution in [0, 0.1) is 5.92 Å². The summed E-state index contributed by atoms with van der Waals surface area (Å²) in [6, 6.07) is 7.90. The van der Waals surface area contributed by atoms with E-state index in [2.05, 4.69) is 9.80 Å². The van der Waals surface area contributed by atoms with Gasteiger partial charge in [0.15, 0.2) is 11.6 Å². The minimum atomic E-state index is -0.514. The zero-order valence-corrected chi connectivity index (χ0v) is 13.1. The Kier molecular flexibility index (Phi) is 3.79. The molecular weight excluding hydrogens is 292 g/mol. The Balaban J connectivity index is 1.78. The standard InChI is InChI=1S/C17H22N4O2/c22-11-12-9-21(10-15(12)23)17-16(20-7-3-4-8-20)18-13-5-1-2-6-14(13)19-17/h1-2,5-6,12,15,22-23H,3-4,7-11H2. The Morgan fingerprint density at radius 3 is 2.13 bits per heavy atom.